The Morgan fingerprint density at radius 1 is 0.960 bits per heavy atom. The van der Waals surface area contributed by atoms with Gasteiger partial charge in [0.15, 0.2) is 0 Å². The van der Waals surface area contributed by atoms with E-state index in [9.17, 15) is 4.79 Å². The number of nitrogens with zero attached hydrogens (tertiary/aromatic N) is 2. The van der Waals surface area contributed by atoms with E-state index >= 15 is 0 Å². The molecule has 1 heterocycles. The summed E-state index contributed by atoms with van der Waals surface area (Å²) in [7, 11) is 1.61. The Hall–Kier alpha value is -3.32. The van der Waals surface area contributed by atoms with E-state index in [1.54, 1.807) is 7.05 Å². The smallest absolute Gasteiger partial charge is 0.254 e. The molecule has 0 aliphatic carbocycles. The third kappa shape index (κ3) is 4.36. The summed E-state index contributed by atoms with van der Waals surface area (Å²) in [5, 5.41) is 0. The Kier molecular flexibility index (Phi) is 4.96. The summed E-state index contributed by atoms with van der Waals surface area (Å²) in [6.07, 6.45) is 1.44. The van der Waals surface area contributed by atoms with Crippen LogP contribution in [0.1, 0.15) is 22.4 Å². The first kappa shape index (κ1) is 16.5. The molecular weight excluding hydrogens is 310 g/mol. The largest absolute Gasteiger partial charge is 0.369 e. The van der Waals surface area contributed by atoms with Crippen molar-refractivity contribution in [3.63, 3.8) is 0 Å². The van der Waals surface area contributed by atoms with E-state index in [2.05, 4.69) is 29.0 Å². The second kappa shape index (κ2) is 7.50. The summed E-state index contributed by atoms with van der Waals surface area (Å²) in [6.45, 7) is 0. The Morgan fingerprint density at radius 3 is 2.44 bits per heavy atom. The van der Waals surface area contributed by atoms with Crippen molar-refractivity contribution >= 4 is 5.95 Å². The fourth-order valence-electron chi connectivity index (χ4n) is 2.48. The number of nitrogens with two attached hydrogens (primary N) is 1. The molecule has 1 aromatic heterocycles. The highest BCUT2D eigenvalue weighted by Crippen LogP contribution is 2.09. The van der Waals surface area contributed by atoms with Gasteiger partial charge in [0.25, 0.3) is 5.56 Å². The van der Waals surface area contributed by atoms with Crippen LogP contribution >= 0.6 is 0 Å². The summed E-state index contributed by atoms with van der Waals surface area (Å²) in [5.41, 5.74) is 9.44. The molecule has 0 unspecified atom stereocenters. The topological polar surface area (TPSA) is 60.9 Å². The van der Waals surface area contributed by atoms with E-state index in [-0.39, 0.29) is 11.5 Å². The van der Waals surface area contributed by atoms with Crippen LogP contribution in [0.5, 0.6) is 0 Å². The van der Waals surface area contributed by atoms with E-state index in [1.165, 1.54) is 10.6 Å². The maximum absolute atomic E-state index is 11.8. The predicted octanol–water partition coefficient (Wildman–Crippen LogP) is 2.55. The first-order chi connectivity index (χ1) is 12.1. The van der Waals surface area contributed by atoms with Crippen LogP contribution in [0, 0.1) is 11.8 Å². The quantitative estimate of drug-likeness (QED) is 0.751. The van der Waals surface area contributed by atoms with E-state index < -0.39 is 0 Å². The molecule has 0 bridgehead atoms. The lowest BCUT2D eigenvalue weighted by atomic mass is 10.0. The van der Waals surface area contributed by atoms with Gasteiger partial charge in [0.2, 0.25) is 5.95 Å². The molecule has 0 saturated heterocycles. The minimum atomic E-state index is -0.134. The Bertz CT molecular complexity index is 995. The van der Waals surface area contributed by atoms with Crippen molar-refractivity contribution in [1.82, 2.24) is 9.55 Å². The van der Waals surface area contributed by atoms with Gasteiger partial charge in [-0.1, -0.05) is 42.2 Å². The summed E-state index contributed by atoms with van der Waals surface area (Å²) >= 11 is 0. The van der Waals surface area contributed by atoms with Gasteiger partial charge in [-0.3, -0.25) is 9.36 Å². The van der Waals surface area contributed by atoms with Crippen LogP contribution in [0.2, 0.25) is 0 Å². The van der Waals surface area contributed by atoms with Crippen molar-refractivity contribution < 1.29 is 0 Å². The summed E-state index contributed by atoms with van der Waals surface area (Å²) in [6, 6.07) is 19.6. The van der Waals surface area contributed by atoms with E-state index in [4.69, 9.17) is 5.73 Å². The molecule has 0 aliphatic heterocycles. The number of aryl methyl sites for hydroxylation is 2. The Morgan fingerprint density at radius 2 is 1.68 bits per heavy atom. The highest BCUT2D eigenvalue weighted by Gasteiger charge is 2.03. The van der Waals surface area contributed by atoms with Gasteiger partial charge in [-0.15, -0.1) is 0 Å². The number of rotatable bonds is 3. The molecule has 2 aromatic carbocycles. The fraction of sp³-hybridized carbons (Fsp3) is 0.143. The molecule has 3 rings (SSSR count). The molecule has 2 N–H and O–H groups in total. The highest BCUT2D eigenvalue weighted by atomic mass is 16.1. The maximum atomic E-state index is 11.8. The van der Waals surface area contributed by atoms with Gasteiger partial charge in [0.05, 0.1) is 5.69 Å². The number of benzene rings is 2. The minimum absolute atomic E-state index is 0.134. The molecule has 25 heavy (non-hydrogen) atoms. The predicted molar refractivity (Wildman–Crippen MR) is 100 cm³/mol. The molecule has 0 aliphatic rings. The summed E-state index contributed by atoms with van der Waals surface area (Å²) in [4.78, 5) is 16.0. The first-order valence-electron chi connectivity index (χ1n) is 8.10. The minimum Gasteiger partial charge on any atom is -0.369 e. The summed E-state index contributed by atoms with van der Waals surface area (Å²) < 4.78 is 1.34. The molecule has 3 aromatic rings. The zero-order valence-corrected chi connectivity index (χ0v) is 14.1. The molecule has 0 fully saturated rings. The number of nitrogen functional groups attached to an aromatic ring is 1. The second-order valence-corrected chi connectivity index (χ2v) is 5.82. The fourth-order valence-corrected chi connectivity index (χ4v) is 2.48. The number of aromatic nitrogens is 2. The van der Waals surface area contributed by atoms with Gasteiger partial charge < -0.3 is 5.73 Å². The first-order valence-corrected chi connectivity index (χ1v) is 8.10. The highest BCUT2D eigenvalue weighted by molar-refractivity contribution is 5.43. The van der Waals surface area contributed by atoms with Crippen LogP contribution in [0.25, 0.3) is 0 Å². The molecule has 4 heteroatoms. The molecule has 0 saturated carbocycles. The van der Waals surface area contributed by atoms with Crippen LogP contribution in [0.15, 0.2) is 65.5 Å². The van der Waals surface area contributed by atoms with Crippen LogP contribution in [-0.4, -0.2) is 9.55 Å². The lowest BCUT2D eigenvalue weighted by Gasteiger charge is -2.06. The van der Waals surface area contributed by atoms with Crippen molar-refractivity contribution in [2.24, 2.45) is 7.05 Å². The van der Waals surface area contributed by atoms with Crippen LogP contribution in [0.3, 0.4) is 0 Å². The van der Waals surface area contributed by atoms with Crippen LogP contribution < -0.4 is 11.3 Å². The lowest BCUT2D eigenvalue weighted by molar-refractivity contribution is 0.806. The standard InChI is InChI=1S/C21H19N3O/c1-24-20(25)15-19(23-21(24)22)13-12-18-9-5-8-17(14-18)11-10-16-6-3-2-4-7-16/h2-9,14-15H,12-13H2,1H3,(H2,22,23). The van der Waals surface area contributed by atoms with Gasteiger partial charge >= 0.3 is 0 Å². The van der Waals surface area contributed by atoms with Gasteiger partial charge in [0, 0.05) is 24.2 Å². The van der Waals surface area contributed by atoms with Gasteiger partial charge in [-0.05, 0) is 42.7 Å². The zero-order valence-electron chi connectivity index (χ0n) is 14.1. The van der Waals surface area contributed by atoms with Crippen molar-refractivity contribution in [3.05, 3.63) is 93.4 Å². The molecule has 0 atom stereocenters. The van der Waals surface area contributed by atoms with Crippen molar-refractivity contribution in [2.45, 2.75) is 12.8 Å². The number of hydrogen-bond acceptors (Lipinski definition) is 3. The molecule has 0 radical (unpaired) electrons. The van der Waals surface area contributed by atoms with E-state index in [1.807, 2.05) is 42.5 Å². The Labute approximate surface area is 147 Å². The number of hydrogen-bond donors (Lipinski definition) is 1. The molecule has 4 nitrogen and oxygen atoms in total. The van der Waals surface area contributed by atoms with Crippen molar-refractivity contribution in [2.75, 3.05) is 5.73 Å². The Balaban J connectivity index is 1.72. The molecule has 124 valence electrons. The third-order valence-electron chi connectivity index (χ3n) is 3.94. The summed E-state index contributed by atoms with van der Waals surface area (Å²) in [5.74, 6) is 6.59. The average Bonchev–Trinajstić information content (AvgIpc) is 2.64. The van der Waals surface area contributed by atoms with Crippen LogP contribution in [0.4, 0.5) is 5.95 Å². The van der Waals surface area contributed by atoms with Crippen molar-refractivity contribution in [1.29, 1.82) is 0 Å². The monoisotopic (exact) mass is 329 g/mol. The number of anilines is 1. The molecular formula is C21H19N3O. The van der Waals surface area contributed by atoms with E-state index in [0.717, 1.165) is 23.1 Å². The lowest BCUT2D eigenvalue weighted by Crippen LogP contribution is -2.21. The second-order valence-electron chi connectivity index (χ2n) is 5.82. The molecule has 0 amide bonds. The zero-order chi connectivity index (χ0) is 17.6. The average molecular weight is 329 g/mol. The van der Waals surface area contributed by atoms with E-state index in [0.29, 0.717) is 12.1 Å². The van der Waals surface area contributed by atoms with Crippen molar-refractivity contribution in [3.8, 4) is 11.8 Å². The van der Waals surface area contributed by atoms with Gasteiger partial charge in [-0.25, -0.2) is 4.98 Å². The van der Waals surface area contributed by atoms with Gasteiger partial charge in [-0.2, -0.15) is 0 Å². The third-order valence-corrected chi connectivity index (χ3v) is 3.94. The normalized spacial score (nSPS) is 10.1. The van der Waals surface area contributed by atoms with Crippen LogP contribution in [-0.2, 0) is 19.9 Å². The molecule has 0 spiro atoms. The SMILES string of the molecule is Cn1c(N)nc(CCc2cccc(C#Cc3ccccc3)c2)cc1=O. The van der Waals surface area contributed by atoms with Gasteiger partial charge in [0.1, 0.15) is 0 Å². The maximum Gasteiger partial charge on any atom is 0.254 e.